The molecule has 4 aromatic rings. The van der Waals surface area contributed by atoms with Gasteiger partial charge in [-0.25, -0.2) is 9.97 Å². The second-order valence-corrected chi connectivity index (χ2v) is 6.49. The first-order chi connectivity index (χ1) is 10.3. The SMILES string of the molecule is O=C(Nc1nc2ccccc2s1)c1nc2ccccc2s1. The molecule has 1 N–H and O–H groups in total. The molecular formula is C15H9N3OS2. The van der Waals surface area contributed by atoms with Gasteiger partial charge in [-0.1, -0.05) is 35.6 Å². The molecule has 0 unspecified atom stereocenters. The second-order valence-electron chi connectivity index (χ2n) is 4.43. The van der Waals surface area contributed by atoms with Crippen LogP contribution in [-0.2, 0) is 0 Å². The lowest BCUT2D eigenvalue weighted by molar-refractivity contribution is 0.102. The molecule has 1 amide bonds. The Hall–Kier alpha value is -2.31. The van der Waals surface area contributed by atoms with Crippen molar-refractivity contribution in [3.8, 4) is 0 Å². The summed E-state index contributed by atoms with van der Waals surface area (Å²) < 4.78 is 2.06. The quantitative estimate of drug-likeness (QED) is 0.605. The van der Waals surface area contributed by atoms with Crippen molar-refractivity contribution >= 4 is 54.1 Å². The highest BCUT2D eigenvalue weighted by Crippen LogP contribution is 2.27. The summed E-state index contributed by atoms with van der Waals surface area (Å²) in [6, 6.07) is 15.5. The van der Waals surface area contributed by atoms with Gasteiger partial charge in [0.05, 0.1) is 20.4 Å². The third-order valence-corrected chi connectivity index (χ3v) is 4.99. The Morgan fingerprint density at radius 2 is 1.48 bits per heavy atom. The maximum atomic E-state index is 12.3. The summed E-state index contributed by atoms with van der Waals surface area (Å²) in [7, 11) is 0. The Morgan fingerprint density at radius 3 is 2.14 bits per heavy atom. The Morgan fingerprint density at radius 1 is 0.857 bits per heavy atom. The van der Waals surface area contributed by atoms with E-state index in [0.29, 0.717) is 10.1 Å². The number of carbonyl (C=O) groups is 1. The Bertz CT molecular complexity index is 892. The number of carbonyl (C=O) groups excluding carboxylic acids is 1. The molecule has 0 fully saturated rings. The van der Waals surface area contributed by atoms with Crippen molar-refractivity contribution in [2.24, 2.45) is 0 Å². The molecule has 102 valence electrons. The van der Waals surface area contributed by atoms with Crippen molar-refractivity contribution in [3.05, 3.63) is 53.5 Å². The van der Waals surface area contributed by atoms with E-state index in [2.05, 4.69) is 15.3 Å². The zero-order valence-electron chi connectivity index (χ0n) is 10.7. The van der Waals surface area contributed by atoms with Crippen LogP contribution >= 0.6 is 22.7 Å². The molecule has 0 saturated heterocycles. The van der Waals surface area contributed by atoms with Gasteiger partial charge in [0.15, 0.2) is 10.1 Å². The summed E-state index contributed by atoms with van der Waals surface area (Å²) in [5.41, 5.74) is 1.74. The first-order valence-electron chi connectivity index (χ1n) is 6.32. The predicted octanol–water partition coefficient (Wildman–Crippen LogP) is 4.16. The van der Waals surface area contributed by atoms with E-state index in [4.69, 9.17) is 0 Å². The maximum absolute atomic E-state index is 12.3. The van der Waals surface area contributed by atoms with Crippen LogP contribution in [0.4, 0.5) is 5.13 Å². The van der Waals surface area contributed by atoms with E-state index in [1.54, 1.807) is 0 Å². The number of nitrogens with one attached hydrogen (secondary N) is 1. The fraction of sp³-hybridized carbons (Fsp3) is 0. The van der Waals surface area contributed by atoms with Crippen molar-refractivity contribution in [2.45, 2.75) is 0 Å². The van der Waals surface area contributed by atoms with Crippen molar-refractivity contribution in [1.82, 2.24) is 9.97 Å². The standard InChI is InChI=1S/C15H9N3OS2/c19-13(14-16-9-5-1-3-7-11(9)20-14)18-15-17-10-6-2-4-8-12(10)21-15/h1-8H,(H,17,18,19). The number of rotatable bonds is 2. The molecule has 4 rings (SSSR count). The normalized spacial score (nSPS) is 11.0. The van der Waals surface area contributed by atoms with Crippen LogP contribution in [0.1, 0.15) is 9.80 Å². The summed E-state index contributed by atoms with van der Waals surface area (Å²) in [6.45, 7) is 0. The monoisotopic (exact) mass is 311 g/mol. The van der Waals surface area contributed by atoms with Crippen LogP contribution in [0.5, 0.6) is 0 Å². The van der Waals surface area contributed by atoms with Gasteiger partial charge in [-0.05, 0) is 24.3 Å². The Labute approximate surface area is 128 Å². The second kappa shape index (κ2) is 4.91. The van der Waals surface area contributed by atoms with E-state index in [-0.39, 0.29) is 5.91 Å². The minimum Gasteiger partial charge on any atom is -0.296 e. The lowest BCUT2D eigenvalue weighted by Crippen LogP contribution is -2.10. The fourth-order valence-corrected chi connectivity index (χ4v) is 3.77. The molecule has 0 saturated carbocycles. The molecule has 0 bridgehead atoms. The highest BCUT2D eigenvalue weighted by atomic mass is 32.1. The lowest BCUT2D eigenvalue weighted by Gasteiger charge is -1.95. The lowest BCUT2D eigenvalue weighted by atomic mass is 10.3. The number of hydrogen-bond donors (Lipinski definition) is 1. The van der Waals surface area contributed by atoms with Gasteiger partial charge in [0.25, 0.3) is 5.91 Å². The first kappa shape index (κ1) is 12.4. The molecule has 4 nitrogen and oxygen atoms in total. The highest BCUT2D eigenvalue weighted by Gasteiger charge is 2.14. The summed E-state index contributed by atoms with van der Waals surface area (Å²) in [4.78, 5) is 21.0. The number of aromatic nitrogens is 2. The first-order valence-corrected chi connectivity index (χ1v) is 7.95. The largest absolute Gasteiger partial charge is 0.296 e. The van der Waals surface area contributed by atoms with Gasteiger partial charge in [0, 0.05) is 0 Å². The minimum absolute atomic E-state index is 0.213. The number of para-hydroxylation sites is 2. The third kappa shape index (κ3) is 2.28. The molecule has 2 heterocycles. The van der Waals surface area contributed by atoms with Gasteiger partial charge < -0.3 is 0 Å². The highest BCUT2D eigenvalue weighted by molar-refractivity contribution is 7.22. The van der Waals surface area contributed by atoms with Crippen LogP contribution in [0.25, 0.3) is 20.4 Å². The summed E-state index contributed by atoms with van der Waals surface area (Å²) >= 11 is 2.85. The zero-order chi connectivity index (χ0) is 14.2. The van der Waals surface area contributed by atoms with Crippen molar-refractivity contribution in [2.75, 3.05) is 5.32 Å². The van der Waals surface area contributed by atoms with Crippen LogP contribution in [0.15, 0.2) is 48.5 Å². The Kier molecular flexibility index (Phi) is 2.90. The topological polar surface area (TPSA) is 54.9 Å². The number of fused-ring (bicyclic) bond motifs is 2. The Balaban J connectivity index is 1.65. The number of thiazole rings is 2. The van der Waals surface area contributed by atoms with E-state index in [1.165, 1.54) is 22.7 Å². The number of amides is 1. The van der Waals surface area contributed by atoms with Crippen LogP contribution in [0.3, 0.4) is 0 Å². The van der Waals surface area contributed by atoms with Crippen LogP contribution in [0.2, 0.25) is 0 Å². The van der Waals surface area contributed by atoms with E-state index >= 15 is 0 Å². The van der Waals surface area contributed by atoms with Gasteiger partial charge in [-0.2, -0.15) is 0 Å². The van der Waals surface area contributed by atoms with Crippen molar-refractivity contribution in [3.63, 3.8) is 0 Å². The van der Waals surface area contributed by atoms with Crippen molar-refractivity contribution < 1.29 is 4.79 Å². The molecule has 2 aromatic heterocycles. The average molecular weight is 311 g/mol. The van der Waals surface area contributed by atoms with E-state index < -0.39 is 0 Å². The van der Waals surface area contributed by atoms with E-state index in [1.807, 2.05) is 48.5 Å². The molecule has 21 heavy (non-hydrogen) atoms. The molecule has 2 aromatic carbocycles. The van der Waals surface area contributed by atoms with Crippen LogP contribution in [0, 0.1) is 0 Å². The molecule has 0 atom stereocenters. The molecule has 0 aliphatic carbocycles. The molecule has 0 aliphatic rings. The van der Waals surface area contributed by atoms with E-state index in [0.717, 1.165) is 20.4 Å². The number of nitrogens with zero attached hydrogens (tertiary/aromatic N) is 2. The van der Waals surface area contributed by atoms with Gasteiger partial charge in [-0.3, -0.25) is 10.1 Å². The van der Waals surface area contributed by atoms with Gasteiger partial charge >= 0.3 is 0 Å². The fourth-order valence-electron chi connectivity index (χ4n) is 2.05. The summed E-state index contributed by atoms with van der Waals surface area (Å²) in [5.74, 6) is -0.213. The average Bonchev–Trinajstić information content (AvgIpc) is 3.10. The third-order valence-electron chi connectivity index (χ3n) is 3.00. The molecule has 0 aliphatic heterocycles. The van der Waals surface area contributed by atoms with Crippen molar-refractivity contribution in [1.29, 1.82) is 0 Å². The number of benzene rings is 2. The van der Waals surface area contributed by atoms with Gasteiger partial charge in [0.1, 0.15) is 0 Å². The molecular weight excluding hydrogens is 302 g/mol. The predicted molar refractivity (Wildman–Crippen MR) is 87.2 cm³/mol. The summed E-state index contributed by atoms with van der Waals surface area (Å²) in [6.07, 6.45) is 0. The minimum atomic E-state index is -0.213. The number of anilines is 1. The molecule has 0 spiro atoms. The van der Waals surface area contributed by atoms with Crippen LogP contribution in [-0.4, -0.2) is 15.9 Å². The maximum Gasteiger partial charge on any atom is 0.286 e. The van der Waals surface area contributed by atoms with Gasteiger partial charge in [-0.15, -0.1) is 11.3 Å². The smallest absolute Gasteiger partial charge is 0.286 e. The zero-order valence-corrected chi connectivity index (χ0v) is 12.4. The van der Waals surface area contributed by atoms with E-state index in [9.17, 15) is 4.79 Å². The summed E-state index contributed by atoms with van der Waals surface area (Å²) in [5, 5.41) is 3.88. The molecule has 6 heteroatoms. The number of hydrogen-bond acceptors (Lipinski definition) is 5. The van der Waals surface area contributed by atoms with Gasteiger partial charge in [0.2, 0.25) is 0 Å². The molecule has 0 radical (unpaired) electrons. The van der Waals surface area contributed by atoms with Crippen LogP contribution < -0.4 is 5.32 Å².